The van der Waals surface area contributed by atoms with E-state index in [1.165, 1.54) is 12.8 Å². The highest BCUT2D eigenvalue weighted by Gasteiger charge is 1.74. The predicted octanol–water partition coefficient (Wildman–Crippen LogP) is 1.56. The van der Waals surface area contributed by atoms with Crippen LogP contribution in [0.5, 0.6) is 0 Å². The van der Waals surface area contributed by atoms with Crippen molar-refractivity contribution in [3.63, 3.8) is 0 Å². The fraction of sp³-hybridized carbons (Fsp3) is 0.625. The lowest BCUT2D eigenvalue weighted by Gasteiger charge is -1.83. The molecule has 0 saturated heterocycles. The standard InChI is InChI=1S/C8H14N/c1-3-4-5-6-7-8-9-2/h8-9H,3-5H2,1-2H3. The molecule has 0 rings (SSSR count). The number of unbranched alkanes of at least 4 members (excludes halogenated alkanes) is 2. The lowest BCUT2D eigenvalue weighted by molar-refractivity contribution is 0.827. The van der Waals surface area contributed by atoms with E-state index < -0.39 is 0 Å². The predicted molar refractivity (Wildman–Crippen MR) is 40.7 cm³/mol. The molecule has 0 aliphatic carbocycles. The smallest absolute Gasteiger partial charge is 0.0956 e. The van der Waals surface area contributed by atoms with Gasteiger partial charge in [0.05, 0.1) is 6.54 Å². The summed E-state index contributed by atoms with van der Waals surface area (Å²) >= 11 is 0. The third-order valence-corrected chi connectivity index (χ3v) is 0.974. The minimum absolute atomic E-state index is 1.02. The molecule has 1 nitrogen and oxygen atoms in total. The maximum atomic E-state index is 3.02. The van der Waals surface area contributed by atoms with Crippen molar-refractivity contribution in [3.8, 4) is 11.8 Å². The lowest BCUT2D eigenvalue weighted by atomic mass is 10.2. The first-order valence-electron chi connectivity index (χ1n) is 3.39. The molecule has 0 bridgehead atoms. The van der Waals surface area contributed by atoms with Crippen LogP contribution in [0.3, 0.4) is 0 Å². The van der Waals surface area contributed by atoms with Crippen molar-refractivity contribution in [2.75, 3.05) is 7.05 Å². The van der Waals surface area contributed by atoms with Gasteiger partial charge in [-0.15, -0.1) is 5.92 Å². The summed E-state index contributed by atoms with van der Waals surface area (Å²) in [5.74, 6) is 5.90. The Morgan fingerprint density at radius 1 is 1.56 bits per heavy atom. The Kier molecular flexibility index (Phi) is 7.12. The van der Waals surface area contributed by atoms with E-state index in [-0.39, 0.29) is 0 Å². The third-order valence-electron chi connectivity index (χ3n) is 0.974. The molecule has 1 heteroatoms. The summed E-state index contributed by atoms with van der Waals surface area (Å²) < 4.78 is 0. The monoisotopic (exact) mass is 124 g/mol. The van der Waals surface area contributed by atoms with Crippen LogP contribution in [0, 0.1) is 18.4 Å². The Morgan fingerprint density at radius 2 is 2.33 bits per heavy atom. The van der Waals surface area contributed by atoms with Gasteiger partial charge in [0.2, 0.25) is 0 Å². The van der Waals surface area contributed by atoms with E-state index in [0.717, 1.165) is 6.42 Å². The van der Waals surface area contributed by atoms with Gasteiger partial charge in [-0.25, -0.2) is 0 Å². The van der Waals surface area contributed by atoms with Gasteiger partial charge in [-0.1, -0.05) is 19.3 Å². The molecule has 0 spiro atoms. The zero-order valence-corrected chi connectivity index (χ0v) is 6.20. The highest BCUT2D eigenvalue weighted by atomic mass is 14.8. The van der Waals surface area contributed by atoms with E-state index in [0.29, 0.717) is 0 Å². The lowest BCUT2D eigenvalue weighted by Crippen LogP contribution is -1.96. The Morgan fingerprint density at radius 3 is 2.89 bits per heavy atom. The molecule has 0 fully saturated rings. The molecule has 0 unspecified atom stereocenters. The average Bonchev–Trinajstić information content (AvgIpc) is 1.89. The first-order valence-corrected chi connectivity index (χ1v) is 3.39. The van der Waals surface area contributed by atoms with Gasteiger partial charge in [-0.3, -0.25) is 0 Å². The van der Waals surface area contributed by atoms with Crippen LogP contribution in [-0.2, 0) is 0 Å². The van der Waals surface area contributed by atoms with E-state index >= 15 is 0 Å². The number of nitrogens with one attached hydrogen (secondary N) is 1. The summed E-state index contributed by atoms with van der Waals surface area (Å²) in [6.07, 6.45) is 3.47. The Hall–Kier alpha value is -0.480. The summed E-state index contributed by atoms with van der Waals surface area (Å²) in [6.45, 7) is 3.93. The summed E-state index contributed by atoms with van der Waals surface area (Å²) in [6, 6.07) is 0. The minimum Gasteiger partial charge on any atom is -0.305 e. The number of hydrogen-bond acceptors (Lipinski definition) is 1. The summed E-state index contributed by atoms with van der Waals surface area (Å²) in [5, 5.41) is 2.85. The molecular formula is C8H14N. The number of hydrogen-bond donors (Lipinski definition) is 1. The average molecular weight is 124 g/mol. The SMILES string of the molecule is CCCCC#C[CH]NC. The molecule has 0 saturated carbocycles. The summed E-state index contributed by atoms with van der Waals surface area (Å²) in [4.78, 5) is 0. The van der Waals surface area contributed by atoms with Gasteiger partial charge in [0, 0.05) is 6.42 Å². The second-order valence-electron chi connectivity index (χ2n) is 1.86. The number of rotatable bonds is 3. The van der Waals surface area contributed by atoms with Crippen molar-refractivity contribution < 1.29 is 0 Å². The van der Waals surface area contributed by atoms with Gasteiger partial charge in [0.15, 0.2) is 0 Å². The van der Waals surface area contributed by atoms with Crippen LogP contribution >= 0.6 is 0 Å². The molecule has 0 amide bonds. The first-order chi connectivity index (χ1) is 4.41. The second-order valence-corrected chi connectivity index (χ2v) is 1.86. The van der Waals surface area contributed by atoms with Crippen molar-refractivity contribution in [3.05, 3.63) is 6.54 Å². The van der Waals surface area contributed by atoms with Crippen LogP contribution in [0.4, 0.5) is 0 Å². The van der Waals surface area contributed by atoms with E-state index in [1.54, 1.807) is 6.54 Å². The first kappa shape index (κ1) is 8.52. The van der Waals surface area contributed by atoms with Crippen LogP contribution in [-0.4, -0.2) is 7.05 Å². The maximum absolute atomic E-state index is 3.02. The maximum Gasteiger partial charge on any atom is 0.0956 e. The van der Waals surface area contributed by atoms with Crippen molar-refractivity contribution >= 4 is 0 Å². The molecule has 0 aliphatic rings. The Balaban J connectivity index is 2.96. The highest BCUT2D eigenvalue weighted by molar-refractivity contribution is 5.07. The molecule has 0 aliphatic heterocycles. The Labute approximate surface area is 57.8 Å². The molecule has 1 N–H and O–H groups in total. The zero-order chi connectivity index (χ0) is 6.95. The van der Waals surface area contributed by atoms with E-state index in [9.17, 15) is 0 Å². The van der Waals surface area contributed by atoms with Gasteiger partial charge in [0.25, 0.3) is 0 Å². The van der Waals surface area contributed by atoms with E-state index in [4.69, 9.17) is 0 Å². The van der Waals surface area contributed by atoms with Gasteiger partial charge < -0.3 is 5.32 Å². The van der Waals surface area contributed by atoms with Crippen molar-refractivity contribution in [2.24, 2.45) is 0 Å². The quantitative estimate of drug-likeness (QED) is 0.444. The second kappa shape index (κ2) is 7.52. The Bertz CT molecular complexity index is 96.9. The van der Waals surface area contributed by atoms with Crippen molar-refractivity contribution in [1.29, 1.82) is 0 Å². The van der Waals surface area contributed by atoms with Gasteiger partial charge in [-0.05, 0) is 13.5 Å². The van der Waals surface area contributed by atoms with Crippen LogP contribution in [0.1, 0.15) is 26.2 Å². The topological polar surface area (TPSA) is 12.0 Å². The molecule has 0 atom stereocenters. The van der Waals surface area contributed by atoms with Crippen LogP contribution in [0.2, 0.25) is 0 Å². The summed E-state index contributed by atoms with van der Waals surface area (Å²) in [7, 11) is 1.86. The van der Waals surface area contributed by atoms with Crippen LogP contribution in [0.25, 0.3) is 0 Å². The summed E-state index contributed by atoms with van der Waals surface area (Å²) in [5.41, 5.74) is 0. The van der Waals surface area contributed by atoms with E-state index in [1.807, 2.05) is 7.05 Å². The van der Waals surface area contributed by atoms with Crippen molar-refractivity contribution in [1.82, 2.24) is 5.32 Å². The fourth-order valence-corrected chi connectivity index (χ4v) is 0.461. The molecule has 0 heterocycles. The molecule has 1 radical (unpaired) electrons. The molecule has 9 heavy (non-hydrogen) atoms. The molecular weight excluding hydrogens is 110 g/mol. The third kappa shape index (κ3) is 7.52. The molecule has 0 aromatic rings. The molecule has 51 valence electrons. The highest BCUT2D eigenvalue weighted by Crippen LogP contribution is 1.89. The normalized spacial score (nSPS) is 8.22. The van der Waals surface area contributed by atoms with Crippen molar-refractivity contribution in [2.45, 2.75) is 26.2 Å². The molecule has 0 aromatic heterocycles. The van der Waals surface area contributed by atoms with Gasteiger partial charge in [0.1, 0.15) is 0 Å². The van der Waals surface area contributed by atoms with Gasteiger partial charge in [-0.2, -0.15) is 0 Å². The van der Waals surface area contributed by atoms with Crippen LogP contribution < -0.4 is 5.32 Å². The molecule has 0 aromatic carbocycles. The van der Waals surface area contributed by atoms with Crippen LogP contribution in [0.15, 0.2) is 0 Å². The van der Waals surface area contributed by atoms with E-state index in [2.05, 4.69) is 24.1 Å². The van der Waals surface area contributed by atoms with Gasteiger partial charge >= 0.3 is 0 Å². The zero-order valence-electron chi connectivity index (χ0n) is 6.20. The minimum atomic E-state index is 1.02. The largest absolute Gasteiger partial charge is 0.305 e. The fourth-order valence-electron chi connectivity index (χ4n) is 0.461.